The van der Waals surface area contributed by atoms with E-state index in [9.17, 15) is 9.90 Å². The predicted molar refractivity (Wildman–Crippen MR) is 54.1 cm³/mol. The maximum atomic E-state index is 11.5. The van der Waals surface area contributed by atoms with Crippen LogP contribution in [0.1, 0.15) is 17.3 Å². The van der Waals surface area contributed by atoms with Crippen molar-refractivity contribution < 1.29 is 9.90 Å². The zero-order valence-corrected chi connectivity index (χ0v) is 7.78. The van der Waals surface area contributed by atoms with E-state index < -0.39 is 0 Å². The quantitative estimate of drug-likeness (QED) is 0.628. The van der Waals surface area contributed by atoms with E-state index in [1.807, 2.05) is 18.2 Å². The van der Waals surface area contributed by atoms with E-state index in [-0.39, 0.29) is 11.5 Å². The highest BCUT2D eigenvalue weighted by Gasteiger charge is 2.11. The summed E-state index contributed by atoms with van der Waals surface area (Å²) < 4.78 is 0. The lowest BCUT2D eigenvalue weighted by atomic mass is 10.0. The van der Waals surface area contributed by atoms with Gasteiger partial charge in [-0.05, 0) is 23.8 Å². The van der Waals surface area contributed by atoms with E-state index in [2.05, 4.69) is 0 Å². The van der Waals surface area contributed by atoms with Gasteiger partial charge in [-0.3, -0.25) is 9.90 Å². The number of ketones is 1. The van der Waals surface area contributed by atoms with Crippen LogP contribution in [0.25, 0.3) is 10.8 Å². The third-order valence-electron chi connectivity index (χ3n) is 2.24. The van der Waals surface area contributed by atoms with Gasteiger partial charge in [-0.2, -0.15) is 0 Å². The molecule has 0 aliphatic carbocycles. The fourth-order valence-electron chi connectivity index (χ4n) is 1.61. The maximum Gasteiger partial charge on any atom is 0.190 e. The Morgan fingerprint density at radius 3 is 2.50 bits per heavy atom. The monoisotopic (exact) mass is 185 g/mol. The average molecular weight is 185 g/mol. The van der Waals surface area contributed by atoms with Gasteiger partial charge in [0.2, 0.25) is 0 Å². The summed E-state index contributed by atoms with van der Waals surface area (Å²) in [5.41, 5.74) is 0.295. The molecule has 0 aromatic heterocycles. The Hall–Kier alpha value is -1.83. The summed E-state index contributed by atoms with van der Waals surface area (Å²) in [5, 5.41) is 13.1. The summed E-state index contributed by atoms with van der Waals surface area (Å²) in [7, 11) is 0. The normalized spacial score (nSPS) is 10.4. The van der Waals surface area contributed by atoms with Crippen LogP contribution in [0.3, 0.4) is 0 Å². The van der Waals surface area contributed by atoms with Gasteiger partial charge in [-0.25, -0.2) is 0 Å². The number of carbonyl (C=O) groups is 1. The Bertz CT molecular complexity index is 501. The molecule has 0 spiro atoms. The van der Waals surface area contributed by atoms with Gasteiger partial charge < -0.3 is 0 Å². The Morgan fingerprint density at radius 1 is 1.07 bits per heavy atom. The largest absolute Gasteiger partial charge is 0.294 e. The minimum atomic E-state index is -0.198. The van der Waals surface area contributed by atoms with E-state index in [1.165, 1.54) is 13.0 Å². The van der Waals surface area contributed by atoms with Crippen LogP contribution >= 0.6 is 0 Å². The second kappa shape index (κ2) is 3.14. The zero-order valence-electron chi connectivity index (χ0n) is 7.78. The van der Waals surface area contributed by atoms with Crippen LogP contribution in [-0.2, 0) is 5.11 Å². The highest BCUT2D eigenvalue weighted by molar-refractivity contribution is 6.09. The molecule has 0 amide bonds. The standard InChI is InChI=1S/C12H9O2/c1-8(13)12-10-5-3-2-4-9(10)6-7-11(12)14/h2-7H,1H3. The van der Waals surface area contributed by atoms with E-state index in [4.69, 9.17) is 0 Å². The lowest BCUT2D eigenvalue weighted by Gasteiger charge is -2.03. The van der Waals surface area contributed by atoms with Crippen molar-refractivity contribution in [3.8, 4) is 5.75 Å². The lowest BCUT2D eigenvalue weighted by molar-refractivity contribution is 0.101. The second-order valence-corrected chi connectivity index (χ2v) is 3.22. The Morgan fingerprint density at radius 2 is 1.79 bits per heavy atom. The highest BCUT2D eigenvalue weighted by atomic mass is 16.3. The van der Waals surface area contributed by atoms with Gasteiger partial charge in [-0.15, -0.1) is 0 Å². The highest BCUT2D eigenvalue weighted by Crippen LogP contribution is 2.27. The van der Waals surface area contributed by atoms with Crippen LogP contribution in [0, 0.1) is 0 Å². The van der Waals surface area contributed by atoms with Crippen LogP contribution in [0.15, 0.2) is 36.4 Å². The van der Waals surface area contributed by atoms with Crippen molar-refractivity contribution in [3.05, 3.63) is 42.0 Å². The van der Waals surface area contributed by atoms with Gasteiger partial charge >= 0.3 is 0 Å². The maximum absolute atomic E-state index is 11.5. The number of hydrogen-bond acceptors (Lipinski definition) is 1. The molecule has 0 aliphatic rings. The van der Waals surface area contributed by atoms with Gasteiger partial charge in [0.05, 0.1) is 5.56 Å². The Kier molecular flexibility index (Phi) is 1.97. The predicted octanol–water partition coefficient (Wildman–Crippen LogP) is 3.19. The summed E-state index contributed by atoms with van der Waals surface area (Å²) in [6, 6.07) is 10.6. The molecule has 0 atom stereocenters. The molecule has 2 rings (SSSR count). The van der Waals surface area contributed by atoms with Crippen LogP contribution in [0.2, 0.25) is 0 Å². The molecular formula is C12H9O2. The molecule has 2 heteroatoms. The van der Waals surface area contributed by atoms with Gasteiger partial charge in [0.25, 0.3) is 0 Å². The molecule has 69 valence electrons. The first-order chi connectivity index (χ1) is 6.70. The smallest absolute Gasteiger partial charge is 0.190 e. The zero-order chi connectivity index (χ0) is 10.1. The van der Waals surface area contributed by atoms with Crippen molar-refractivity contribution in [1.29, 1.82) is 0 Å². The average Bonchev–Trinajstić information content (AvgIpc) is 2.17. The molecule has 0 fully saturated rings. The number of hydrogen-bond donors (Lipinski definition) is 0. The van der Waals surface area contributed by atoms with E-state index in [0.717, 1.165) is 10.8 Å². The Labute approximate surface area is 81.8 Å². The molecule has 0 bridgehead atoms. The van der Waals surface area contributed by atoms with Gasteiger partial charge in [0.15, 0.2) is 11.5 Å². The third kappa shape index (κ3) is 1.25. The van der Waals surface area contributed by atoms with Crippen molar-refractivity contribution in [1.82, 2.24) is 0 Å². The number of benzene rings is 2. The second-order valence-electron chi connectivity index (χ2n) is 3.22. The first-order valence-corrected chi connectivity index (χ1v) is 4.40. The van der Waals surface area contributed by atoms with Crippen molar-refractivity contribution in [2.75, 3.05) is 0 Å². The van der Waals surface area contributed by atoms with E-state index in [1.54, 1.807) is 12.1 Å². The molecule has 14 heavy (non-hydrogen) atoms. The number of rotatable bonds is 1. The SMILES string of the molecule is CC(=O)c1c([O])ccc2ccccc12. The van der Waals surface area contributed by atoms with Crippen LogP contribution < -0.4 is 0 Å². The Balaban J connectivity index is 2.90. The van der Waals surface area contributed by atoms with Gasteiger partial charge in [-0.1, -0.05) is 30.3 Å². The van der Waals surface area contributed by atoms with Crippen molar-refractivity contribution in [2.24, 2.45) is 0 Å². The summed E-state index contributed by atoms with van der Waals surface area (Å²) in [6.07, 6.45) is 0. The molecule has 2 aromatic carbocycles. The molecule has 0 heterocycles. The first kappa shape index (κ1) is 8.75. The topological polar surface area (TPSA) is 37.0 Å². The molecule has 0 unspecified atom stereocenters. The fourth-order valence-corrected chi connectivity index (χ4v) is 1.61. The van der Waals surface area contributed by atoms with Crippen LogP contribution in [-0.4, -0.2) is 5.78 Å². The summed E-state index contributed by atoms with van der Waals surface area (Å²) in [5.74, 6) is -0.372. The molecule has 1 radical (unpaired) electrons. The summed E-state index contributed by atoms with van der Waals surface area (Å²) in [6.45, 7) is 1.42. The third-order valence-corrected chi connectivity index (χ3v) is 2.24. The molecule has 0 saturated heterocycles. The van der Waals surface area contributed by atoms with Crippen molar-refractivity contribution in [3.63, 3.8) is 0 Å². The molecular weight excluding hydrogens is 176 g/mol. The van der Waals surface area contributed by atoms with E-state index in [0.29, 0.717) is 5.56 Å². The van der Waals surface area contributed by atoms with Gasteiger partial charge in [0, 0.05) is 0 Å². The lowest BCUT2D eigenvalue weighted by Crippen LogP contribution is -1.93. The molecule has 0 N–H and O–H groups in total. The number of fused-ring (bicyclic) bond motifs is 1. The molecule has 2 aromatic rings. The number of Topliss-reactive ketones (excluding diaryl/α,β-unsaturated/α-hetero) is 1. The molecule has 0 saturated carbocycles. The van der Waals surface area contributed by atoms with Gasteiger partial charge in [0.1, 0.15) is 0 Å². The minimum Gasteiger partial charge on any atom is -0.294 e. The number of carbonyl (C=O) groups excluding carboxylic acids is 1. The molecule has 2 nitrogen and oxygen atoms in total. The summed E-state index contributed by atoms with van der Waals surface area (Å²) >= 11 is 0. The molecule has 0 aliphatic heterocycles. The fraction of sp³-hybridized carbons (Fsp3) is 0.0833. The first-order valence-electron chi connectivity index (χ1n) is 4.40. The minimum absolute atomic E-state index is 0.174. The van der Waals surface area contributed by atoms with Crippen LogP contribution in [0.4, 0.5) is 0 Å². The van der Waals surface area contributed by atoms with Crippen molar-refractivity contribution in [2.45, 2.75) is 6.92 Å². The van der Waals surface area contributed by atoms with Crippen LogP contribution in [0.5, 0.6) is 5.75 Å². The van der Waals surface area contributed by atoms with Crippen molar-refractivity contribution >= 4 is 16.6 Å². The summed E-state index contributed by atoms with van der Waals surface area (Å²) in [4.78, 5) is 11.3. The van der Waals surface area contributed by atoms with E-state index >= 15 is 0 Å².